The van der Waals surface area contributed by atoms with Crippen molar-refractivity contribution in [1.29, 1.82) is 0 Å². The van der Waals surface area contributed by atoms with E-state index in [2.05, 4.69) is 5.32 Å². The zero-order chi connectivity index (χ0) is 14.2. The summed E-state index contributed by atoms with van der Waals surface area (Å²) in [6, 6.07) is 5.31. The van der Waals surface area contributed by atoms with Gasteiger partial charge in [-0.25, -0.2) is 4.79 Å². The Kier molecular flexibility index (Phi) is 3.22. The number of hydrogen-bond donors (Lipinski definition) is 1. The minimum Gasteiger partial charge on any atom is -0.465 e. The summed E-state index contributed by atoms with van der Waals surface area (Å²) in [5.41, 5.74) is 1.19. The Bertz CT molecular complexity index is 537. The smallest absolute Gasteiger partial charge is 0.340 e. The molecule has 5 nitrogen and oxygen atoms in total. The van der Waals surface area contributed by atoms with Gasteiger partial charge in [-0.05, 0) is 26.0 Å². The zero-order valence-corrected chi connectivity index (χ0v) is 11.6. The normalized spacial score (nSPS) is 17.3. The third kappa shape index (κ3) is 2.28. The van der Waals surface area contributed by atoms with Crippen LogP contribution < -0.4 is 10.2 Å². The molecule has 1 aromatic carbocycles. The molecule has 102 valence electrons. The van der Waals surface area contributed by atoms with Crippen LogP contribution in [0.4, 0.5) is 11.4 Å². The van der Waals surface area contributed by atoms with Crippen LogP contribution in [0.1, 0.15) is 24.2 Å². The molecule has 19 heavy (non-hydrogen) atoms. The van der Waals surface area contributed by atoms with Gasteiger partial charge in [0.05, 0.1) is 29.5 Å². The average Bonchev–Trinajstić information content (AvgIpc) is 2.44. The van der Waals surface area contributed by atoms with Gasteiger partial charge >= 0.3 is 5.97 Å². The second-order valence-corrected chi connectivity index (χ2v) is 5.39. The highest BCUT2D eigenvalue weighted by Gasteiger charge is 2.34. The summed E-state index contributed by atoms with van der Waals surface area (Å²) in [5, 5.41) is 2.85. The fraction of sp³-hybridized carbons (Fsp3) is 0.429. The molecule has 0 radical (unpaired) electrons. The molecule has 1 aromatic rings. The number of nitrogens with one attached hydrogen (secondary N) is 1. The fourth-order valence-corrected chi connectivity index (χ4v) is 2.30. The Morgan fingerprint density at radius 1 is 1.42 bits per heavy atom. The summed E-state index contributed by atoms with van der Waals surface area (Å²) >= 11 is 0. The SMILES string of the molecule is COC(=O)c1cccc2c1NC(=O)C(C)(C)CN2C. The van der Waals surface area contributed by atoms with Gasteiger partial charge in [0.25, 0.3) is 0 Å². The first-order valence-corrected chi connectivity index (χ1v) is 6.11. The molecule has 0 atom stereocenters. The zero-order valence-electron chi connectivity index (χ0n) is 11.6. The molecule has 0 bridgehead atoms. The van der Waals surface area contributed by atoms with Gasteiger partial charge in [0, 0.05) is 13.6 Å². The Morgan fingerprint density at radius 2 is 2.11 bits per heavy atom. The molecule has 1 heterocycles. The summed E-state index contributed by atoms with van der Waals surface area (Å²) < 4.78 is 4.76. The first-order chi connectivity index (χ1) is 8.86. The minimum atomic E-state index is -0.527. The number of fused-ring (bicyclic) bond motifs is 1. The van der Waals surface area contributed by atoms with E-state index in [1.54, 1.807) is 12.1 Å². The van der Waals surface area contributed by atoms with E-state index in [-0.39, 0.29) is 5.91 Å². The van der Waals surface area contributed by atoms with Crippen molar-refractivity contribution in [3.05, 3.63) is 23.8 Å². The standard InChI is InChI=1S/C14H18N2O3/c1-14(2)8-16(3)10-7-5-6-9(12(17)19-4)11(10)15-13(14)18/h5-7H,8H2,1-4H3,(H,15,18). The van der Waals surface area contributed by atoms with E-state index in [0.717, 1.165) is 5.69 Å². The molecule has 0 spiro atoms. The number of methoxy groups -OCH3 is 1. The molecule has 2 rings (SSSR count). The van der Waals surface area contributed by atoms with Crippen LogP contribution in [0.25, 0.3) is 0 Å². The fourth-order valence-electron chi connectivity index (χ4n) is 2.30. The van der Waals surface area contributed by atoms with Crippen molar-refractivity contribution in [2.75, 3.05) is 30.9 Å². The number of hydrogen-bond acceptors (Lipinski definition) is 4. The van der Waals surface area contributed by atoms with Gasteiger partial charge in [-0.2, -0.15) is 0 Å². The van der Waals surface area contributed by atoms with Crippen molar-refractivity contribution in [1.82, 2.24) is 0 Å². The number of ether oxygens (including phenoxy) is 1. The van der Waals surface area contributed by atoms with Gasteiger partial charge in [0.15, 0.2) is 0 Å². The molecule has 0 saturated carbocycles. The quantitative estimate of drug-likeness (QED) is 0.785. The number of anilines is 2. The summed E-state index contributed by atoms with van der Waals surface area (Å²) in [7, 11) is 3.23. The first-order valence-electron chi connectivity index (χ1n) is 6.11. The Hall–Kier alpha value is -2.04. The van der Waals surface area contributed by atoms with E-state index in [1.165, 1.54) is 7.11 Å². The first kappa shape index (κ1) is 13.4. The van der Waals surface area contributed by atoms with E-state index >= 15 is 0 Å². The number of rotatable bonds is 1. The Balaban J connectivity index is 2.57. The van der Waals surface area contributed by atoms with Gasteiger partial charge in [0.1, 0.15) is 0 Å². The molecule has 0 aromatic heterocycles. The lowest BCUT2D eigenvalue weighted by molar-refractivity contribution is -0.123. The van der Waals surface area contributed by atoms with Crippen molar-refractivity contribution in [2.24, 2.45) is 5.41 Å². The lowest BCUT2D eigenvalue weighted by Gasteiger charge is -2.26. The van der Waals surface area contributed by atoms with E-state index in [4.69, 9.17) is 4.74 Å². The number of esters is 1. The van der Waals surface area contributed by atoms with Gasteiger partial charge < -0.3 is 15.0 Å². The van der Waals surface area contributed by atoms with Crippen LogP contribution in [0.3, 0.4) is 0 Å². The molecular formula is C14H18N2O3. The number of carbonyl (C=O) groups excluding carboxylic acids is 2. The molecule has 1 aliphatic heterocycles. The highest BCUT2D eigenvalue weighted by Crippen LogP contribution is 2.35. The number of carbonyl (C=O) groups is 2. The minimum absolute atomic E-state index is 0.102. The van der Waals surface area contributed by atoms with Gasteiger partial charge in [0.2, 0.25) is 5.91 Å². The van der Waals surface area contributed by atoms with Gasteiger partial charge in [-0.1, -0.05) is 6.07 Å². The molecule has 1 amide bonds. The van der Waals surface area contributed by atoms with Crippen LogP contribution in [0.5, 0.6) is 0 Å². The molecule has 5 heteroatoms. The van der Waals surface area contributed by atoms with Crippen LogP contribution in [0.2, 0.25) is 0 Å². The molecule has 0 aliphatic carbocycles. The number of benzene rings is 1. The molecular weight excluding hydrogens is 244 g/mol. The summed E-state index contributed by atoms with van der Waals surface area (Å²) in [6.07, 6.45) is 0. The molecule has 1 aliphatic rings. The second-order valence-electron chi connectivity index (χ2n) is 5.39. The van der Waals surface area contributed by atoms with E-state index in [0.29, 0.717) is 17.8 Å². The van der Waals surface area contributed by atoms with Crippen molar-refractivity contribution >= 4 is 23.3 Å². The lowest BCUT2D eigenvalue weighted by Crippen LogP contribution is -2.37. The van der Waals surface area contributed by atoms with Crippen LogP contribution >= 0.6 is 0 Å². The average molecular weight is 262 g/mol. The third-order valence-corrected chi connectivity index (χ3v) is 3.34. The van der Waals surface area contributed by atoms with Crippen LogP contribution in [-0.2, 0) is 9.53 Å². The maximum atomic E-state index is 12.2. The maximum Gasteiger partial charge on any atom is 0.340 e. The second kappa shape index (κ2) is 4.57. The maximum absolute atomic E-state index is 12.2. The highest BCUT2D eigenvalue weighted by atomic mass is 16.5. The lowest BCUT2D eigenvalue weighted by atomic mass is 9.92. The van der Waals surface area contributed by atoms with Gasteiger partial charge in [-0.3, -0.25) is 4.79 Å². The van der Waals surface area contributed by atoms with Crippen molar-refractivity contribution in [3.8, 4) is 0 Å². The molecule has 1 N–H and O–H groups in total. The summed E-state index contributed by atoms with van der Waals surface area (Å²) in [6.45, 7) is 4.33. The monoisotopic (exact) mass is 262 g/mol. The van der Waals surface area contributed by atoms with E-state index in [9.17, 15) is 9.59 Å². The predicted molar refractivity (Wildman–Crippen MR) is 73.5 cm³/mol. The number of nitrogens with zero attached hydrogens (tertiary/aromatic N) is 1. The topological polar surface area (TPSA) is 58.6 Å². The molecule has 0 unspecified atom stereocenters. The Morgan fingerprint density at radius 3 is 2.74 bits per heavy atom. The predicted octanol–water partition coefficient (Wildman–Crippen LogP) is 1.89. The van der Waals surface area contributed by atoms with Crippen molar-refractivity contribution < 1.29 is 14.3 Å². The molecule has 0 fully saturated rings. The number of amides is 1. The van der Waals surface area contributed by atoms with Crippen molar-refractivity contribution in [3.63, 3.8) is 0 Å². The van der Waals surface area contributed by atoms with Crippen LogP contribution in [0.15, 0.2) is 18.2 Å². The molecule has 0 saturated heterocycles. The highest BCUT2D eigenvalue weighted by molar-refractivity contribution is 6.07. The number of para-hydroxylation sites is 1. The third-order valence-electron chi connectivity index (χ3n) is 3.34. The summed E-state index contributed by atoms with van der Waals surface area (Å²) in [5.74, 6) is -0.556. The summed E-state index contributed by atoms with van der Waals surface area (Å²) in [4.78, 5) is 26.0. The van der Waals surface area contributed by atoms with E-state index in [1.807, 2.05) is 31.9 Å². The largest absolute Gasteiger partial charge is 0.465 e. The van der Waals surface area contributed by atoms with Crippen molar-refractivity contribution in [2.45, 2.75) is 13.8 Å². The van der Waals surface area contributed by atoms with Crippen LogP contribution in [-0.4, -0.2) is 32.6 Å². The van der Waals surface area contributed by atoms with Crippen LogP contribution in [0, 0.1) is 5.41 Å². The van der Waals surface area contributed by atoms with E-state index < -0.39 is 11.4 Å². The van der Waals surface area contributed by atoms with Gasteiger partial charge in [-0.15, -0.1) is 0 Å². The Labute approximate surface area is 112 Å².